The van der Waals surface area contributed by atoms with E-state index in [1.165, 1.54) is 0 Å². The highest BCUT2D eigenvalue weighted by Crippen LogP contribution is 2.12. The maximum absolute atomic E-state index is 11.4. The van der Waals surface area contributed by atoms with Crippen molar-refractivity contribution in [2.24, 2.45) is 4.99 Å². The van der Waals surface area contributed by atoms with Crippen molar-refractivity contribution in [2.75, 3.05) is 18.6 Å². The standard InChI is InChI=1S/C12H17N5O2S2.HI/c1-13-11(15-9-2-5-21(18,19)8-9)14-6-10-7-17-3-4-20-12(17)16-10;/h3-4,7,9H,2,5-6,8H2,1H3,(H2,13,14,15);1H. The van der Waals surface area contributed by atoms with Crippen LogP contribution in [0.1, 0.15) is 12.1 Å². The molecule has 10 heteroatoms. The van der Waals surface area contributed by atoms with Gasteiger partial charge >= 0.3 is 0 Å². The minimum atomic E-state index is -2.89. The smallest absolute Gasteiger partial charge is 0.193 e. The Labute approximate surface area is 150 Å². The largest absolute Gasteiger partial charge is 0.353 e. The van der Waals surface area contributed by atoms with E-state index in [9.17, 15) is 8.42 Å². The van der Waals surface area contributed by atoms with Gasteiger partial charge in [-0.2, -0.15) is 0 Å². The van der Waals surface area contributed by atoms with Crippen LogP contribution in [0.3, 0.4) is 0 Å². The maximum atomic E-state index is 11.4. The van der Waals surface area contributed by atoms with Gasteiger partial charge in [-0.15, -0.1) is 35.3 Å². The molecular formula is C12H18IN5O2S2. The zero-order valence-electron chi connectivity index (χ0n) is 12.0. The first-order chi connectivity index (χ1) is 10.1. The molecule has 1 saturated heterocycles. The number of hydrogen-bond donors (Lipinski definition) is 2. The molecular weight excluding hydrogens is 437 g/mol. The number of guanidine groups is 1. The molecule has 1 aliphatic rings. The summed E-state index contributed by atoms with van der Waals surface area (Å²) in [6.07, 6.45) is 4.56. The van der Waals surface area contributed by atoms with E-state index in [4.69, 9.17) is 0 Å². The summed E-state index contributed by atoms with van der Waals surface area (Å²) in [7, 11) is -1.21. The molecule has 2 aromatic heterocycles. The van der Waals surface area contributed by atoms with Crippen LogP contribution in [0.15, 0.2) is 22.8 Å². The van der Waals surface area contributed by atoms with Gasteiger partial charge in [-0.1, -0.05) is 0 Å². The number of aromatic nitrogens is 2. The lowest BCUT2D eigenvalue weighted by Crippen LogP contribution is -2.43. The van der Waals surface area contributed by atoms with E-state index in [1.54, 1.807) is 18.4 Å². The lowest BCUT2D eigenvalue weighted by atomic mass is 10.3. The number of aliphatic imine (C=N–C) groups is 1. The number of sulfone groups is 1. The van der Waals surface area contributed by atoms with Crippen LogP contribution < -0.4 is 10.6 Å². The van der Waals surface area contributed by atoms with E-state index in [1.807, 2.05) is 22.2 Å². The third-order valence-corrected chi connectivity index (χ3v) is 5.92. The van der Waals surface area contributed by atoms with Gasteiger partial charge in [0.2, 0.25) is 0 Å². The number of hydrogen-bond acceptors (Lipinski definition) is 5. The molecule has 0 amide bonds. The maximum Gasteiger partial charge on any atom is 0.193 e. The summed E-state index contributed by atoms with van der Waals surface area (Å²) < 4.78 is 24.9. The summed E-state index contributed by atoms with van der Waals surface area (Å²) in [6.45, 7) is 0.549. The molecule has 2 N–H and O–H groups in total. The summed E-state index contributed by atoms with van der Waals surface area (Å²) in [6, 6.07) is -0.0632. The first-order valence-electron chi connectivity index (χ1n) is 6.64. The van der Waals surface area contributed by atoms with Crippen molar-refractivity contribution in [1.29, 1.82) is 0 Å². The van der Waals surface area contributed by atoms with Crippen LogP contribution >= 0.6 is 35.3 Å². The molecule has 0 aromatic carbocycles. The Hall–Kier alpha value is -0.880. The summed E-state index contributed by atoms with van der Waals surface area (Å²) in [5, 5.41) is 8.30. The molecule has 2 aromatic rings. The summed E-state index contributed by atoms with van der Waals surface area (Å²) >= 11 is 1.59. The number of fused-ring (bicyclic) bond motifs is 1. The molecule has 1 aliphatic heterocycles. The third kappa shape index (κ3) is 4.10. The van der Waals surface area contributed by atoms with Crippen LogP contribution in [0.25, 0.3) is 4.96 Å². The average Bonchev–Trinajstić information content (AvgIpc) is 3.08. The van der Waals surface area contributed by atoms with Crippen LogP contribution in [0.5, 0.6) is 0 Å². The Morgan fingerprint density at radius 3 is 3.05 bits per heavy atom. The molecule has 7 nitrogen and oxygen atoms in total. The number of nitrogens with one attached hydrogen (secondary N) is 2. The van der Waals surface area contributed by atoms with Crippen molar-refractivity contribution in [3.05, 3.63) is 23.5 Å². The van der Waals surface area contributed by atoms with Gasteiger partial charge in [0.1, 0.15) is 0 Å². The number of rotatable bonds is 3. The number of nitrogens with zero attached hydrogens (tertiary/aromatic N) is 3. The van der Waals surface area contributed by atoms with Crippen molar-refractivity contribution in [2.45, 2.75) is 19.0 Å². The van der Waals surface area contributed by atoms with Gasteiger partial charge in [0, 0.05) is 30.9 Å². The normalized spacial score (nSPS) is 20.8. The minimum absolute atomic E-state index is 0. The predicted molar refractivity (Wildman–Crippen MR) is 98.9 cm³/mol. The Morgan fingerprint density at radius 2 is 2.41 bits per heavy atom. The second kappa shape index (κ2) is 7.13. The number of imidazole rings is 1. The van der Waals surface area contributed by atoms with E-state index in [-0.39, 0.29) is 41.5 Å². The highest BCUT2D eigenvalue weighted by atomic mass is 127. The van der Waals surface area contributed by atoms with Gasteiger partial charge in [-0.05, 0) is 6.42 Å². The summed E-state index contributed by atoms with van der Waals surface area (Å²) in [5.74, 6) is 1.03. The molecule has 1 atom stereocenters. The molecule has 0 radical (unpaired) electrons. The van der Waals surface area contributed by atoms with Gasteiger partial charge in [0.15, 0.2) is 20.8 Å². The molecule has 1 fully saturated rings. The molecule has 0 spiro atoms. The van der Waals surface area contributed by atoms with E-state index < -0.39 is 9.84 Å². The monoisotopic (exact) mass is 455 g/mol. The lowest BCUT2D eigenvalue weighted by Gasteiger charge is -2.15. The number of halogens is 1. The molecule has 22 heavy (non-hydrogen) atoms. The summed E-state index contributed by atoms with van der Waals surface area (Å²) in [5.41, 5.74) is 0.920. The van der Waals surface area contributed by atoms with Crippen LogP contribution in [0.4, 0.5) is 0 Å². The summed E-state index contributed by atoms with van der Waals surface area (Å²) in [4.78, 5) is 9.55. The third-order valence-electron chi connectivity index (χ3n) is 3.38. The fourth-order valence-electron chi connectivity index (χ4n) is 2.33. The van der Waals surface area contributed by atoms with Gasteiger partial charge in [0.05, 0.1) is 23.7 Å². The zero-order valence-corrected chi connectivity index (χ0v) is 16.0. The van der Waals surface area contributed by atoms with Gasteiger partial charge in [-0.3, -0.25) is 9.39 Å². The average molecular weight is 455 g/mol. The van der Waals surface area contributed by atoms with E-state index in [0.29, 0.717) is 18.9 Å². The highest BCUT2D eigenvalue weighted by Gasteiger charge is 2.28. The van der Waals surface area contributed by atoms with E-state index in [2.05, 4.69) is 20.6 Å². The molecule has 0 aliphatic carbocycles. The van der Waals surface area contributed by atoms with Crippen LogP contribution in [-0.4, -0.2) is 48.4 Å². The Morgan fingerprint density at radius 1 is 1.59 bits per heavy atom. The van der Waals surface area contributed by atoms with Gasteiger partial charge < -0.3 is 10.6 Å². The topological polar surface area (TPSA) is 87.9 Å². The van der Waals surface area contributed by atoms with E-state index in [0.717, 1.165) is 10.7 Å². The van der Waals surface area contributed by atoms with Crippen LogP contribution in [-0.2, 0) is 16.4 Å². The second-order valence-electron chi connectivity index (χ2n) is 5.00. The molecule has 1 unspecified atom stereocenters. The van der Waals surface area contributed by atoms with Gasteiger partial charge in [-0.25, -0.2) is 13.4 Å². The molecule has 3 heterocycles. The Bertz CT molecular complexity index is 739. The first-order valence-corrected chi connectivity index (χ1v) is 9.34. The quantitative estimate of drug-likeness (QED) is 0.408. The zero-order chi connectivity index (χ0) is 14.9. The fraction of sp³-hybridized carbons (Fsp3) is 0.500. The van der Waals surface area contributed by atoms with Crippen LogP contribution in [0.2, 0.25) is 0 Å². The lowest BCUT2D eigenvalue weighted by molar-refractivity contribution is 0.599. The minimum Gasteiger partial charge on any atom is -0.353 e. The molecule has 0 bridgehead atoms. The SMILES string of the molecule is CN=C(NCc1cn2ccsc2n1)NC1CCS(=O)(=O)C1.I. The molecule has 0 saturated carbocycles. The van der Waals surface area contributed by atoms with Crippen molar-refractivity contribution >= 4 is 56.1 Å². The Kier molecular flexibility index (Phi) is 5.66. The van der Waals surface area contributed by atoms with Crippen molar-refractivity contribution in [1.82, 2.24) is 20.0 Å². The van der Waals surface area contributed by atoms with Crippen molar-refractivity contribution < 1.29 is 8.42 Å². The van der Waals surface area contributed by atoms with Crippen LogP contribution in [0, 0.1) is 0 Å². The van der Waals surface area contributed by atoms with E-state index >= 15 is 0 Å². The predicted octanol–water partition coefficient (Wildman–Crippen LogP) is 0.866. The highest BCUT2D eigenvalue weighted by molar-refractivity contribution is 14.0. The second-order valence-corrected chi connectivity index (χ2v) is 8.10. The van der Waals surface area contributed by atoms with Crippen molar-refractivity contribution in [3.8, 4) is 0 Å². The molecule has 3 rings (SSSR count). The molecule has 122 valence electrons. The van der Waals surface area contributed by atoms with Gasteiger partial charge in [0.25, 0.3) is 0 Å². The van der Waals surface area contributed by atoms with Crippen molar-refractivity contribution in [3.63, 3.8) is 0 Å². The first kappa shape index (κ1) is 17.5. The fourth-order valence-corrected chi connectivity index (χ4v) is 4.72. The number of thiazole rings is 1. The Balaban J connectivity index is 0.00000176.